The number of rotatable bonds is 8. The number of hydrogen-bond donors (Lipinski definition) is 1. The van der Waals surface area contributed by atoms with Crippen LogP contribution >= 0.6 is 11.8 Å². The molecule has 0 bridgehead atoms. The molecule has 0 saturated carbocycles. The molecule has 5 atom stereocenters. The van der Waals surface area contributed by atoms with E-state index in [-0.39, 0.29) is 24.0 Å². The van der Waals surface area contributed by atoms with Gasteiger partial charge >= 0.3 is 23.9 Å². The molecule has 2 heterocycles. The number of carbonyl (C=O) groups excluding carboxylic acids is 5. The SMILES string of the molecule is CC(=O)OC[C@H]1O[C@@H](S/C(Cc2cn(C(C)=O)c3ccccc23)=N/O)[C@H](OC(C)=O)[C@@H](OC(C)=O)[C@@H]1OC(C)=O. The number of esters is 4. The van der Waals surface area contributed by atoms with Crippen molar-refractivity contribution in [2.45, 2.75) is 70.9 Å². The van der Waals surface area contributed by atoms with E-state index < -0.39 is 53.7 Å². The molecule has 0 radical (unpaired) electrons. The number of oxime groups is 1. The molecule has 40 heavy (non-hydrogen) atoms. The Balaban J connectivity index is 1.99. The van der Waals surface area contributed by atoms with E-state index in [4.69, 9.17) is 23.7 Å². The third-order valence-electron chi connectivity index (χ3n) is 5.79. The van der Waals surface area contributed by atoms with Gasteiger partial charge in [0.25, 0.3) is 0 Å². The van der Waals surface area contributed by atoms with Crippen LogP contribution < -0.4 is 0 Å². The predicted molar refractivity (Wildman–Crippen MR) is 141 cm³/mol. The second-order valence-electron chi connectivity index (χ2n) is 8.92. The summed E-state index contributed by atoms with van der Waals surface area (Å²) in [7, 11) is 0. The zero-order valence-electron chi connectivity index (χ0n) is 22.5. The van der Waals surface area contributed by atoms with Crippen LogP contribution in [0.5, 0.6) is 0 Å². The first kappa shape index (κ1) is 30.6. The minimum absolute atomic E-state index is 0.0504. The molecular formula is C26H30N2O11S. The van der Waals surface area contributed by atoms with Gasteiger partial charge in [-0.3, -0.25) is 28.5 Å². The number of hydrogen-bond acceptors (Lipinski definition) is 13. The monoisotopic (exact) mass is 578 g/mol. The molecule has 0 spiro atoms. The first-order valence-corrected chi connectivity index (χ1v) is 13.1. The van der Waals surface area contributed by atoms with Gasteiger partial charge in [0.2, 0.25) is 5.91 Å². The van der Waals surface area contributed by atoms with E-state index in [2.05, 4.69) is 5.16 Å². The summed E-state index contributed by atoms with van der Waals surface area (Å²) in [6.07, 6.45) is -3.43. The van der Waals surface area contributed by atoms with Crippen LogP contribution in [0.4, 0.5) is 0 Å². The highest BCUT2D eigenvalue weighted by Gasteiger charge is 2.52. The second-order valence-corrected chi connectivity index (χ2v) is 10.1. The molecular weight excluding hydrogens is 548 g/mol. The van der Waals surface area contributed by atoms with E-state index in [9.17, 15) is 29.2 Å². The van der Waals surface area contributed by atoms with Gasteiger partial charge in [-0.05, 0) is 11.6 Å². The van der Waals surface area contributed by atoms with Crippen LogP contribution in [-0.4, -0.2) is 81.1 Å². The van der Waals surface area contributed by atoms with Gasteiger partial charge in [-0.15, -0.1) is 0 Å². The zero-order chi connectivity index (χ0) is 29.6. The van der Waals surface area contributed by atoms with Crippen molar-refractivity contribution >= 4 is 57.5 Å². The Morgan fingerprint density at radius 2 is 1.50 bits per heavy atom. The molecule has 2 aromatic rings. The summed E-state index contributed by atoms with van der Waals surface area (Å²) in [6, 6.07) is 7.19. The largest absolute Gasteiger partial charge is 0.463 e. The Labute approximate surface area is 233 Å². The molecule has 1 saturated heterocycles. The van der Waals surface area contributed by atoms with Crippen LogP contribution in [0.2, 0.25) is 0 Å². The van der Waals surface area contributed by atoms with Crippen molar-refractivity contribution in [2.75, 3.05) is 6.61 Å². The van der Waals surface area contributed by atoms with E-state index in [1.165, 1.54) is 18.4 Å². The molecule has 1 aliphatic heterocycles. The lowest BCUT2D eigenvalue weighted by Crippen LogP contribution is -2.61. The van der Waals surface area contributed by atoms with Crippen LogP contribution in [0.25, 0.3) is 10.9 Å². The maximum absolute atomic E-state index is 12.2. The van der Waals surface area contributed by atoms with Crippen LogP contribution in [0.1, 0.15) is 45.0 Å². The number of thioether (sulfide) groups is 1. The van der Waals surface area contributed by atoms with Gasteiger partial charge in [0.1, 0.15) is 23.2 Å². The summed E-state index contributed by atoms with van der Waals surface area (Å²) >= 11 is 0.861. The fraction of sp³-hybridized carbons (Fsp3) is 0.462. The second kappa shape index (κ2) is 13.4. The molecule has 0 amide bonds. The lowest BCUT2D eigenvalue weighted by Gasteiger charge is -2.44. The molecule has 1 aliphatic rings. The van der Waals surface area contributed by atoms with E-state index in [1.54, 1.807) is 24.4 Å². The number of nitrogens with zero attached hydrogens (tertiary/aromatic N) is 2. The highest BCUT2D eigenvalue weighted by molar-refractivity contribution is 8.14. The number of para-hydroxylation sites is 1. The van der Waals surface area contributed by atoms with Crippen molar-refractivity contribution in [1.82, 2.24) is 4.57 Å². The molecule has 14 heteroatoms. The minimum Gasteiger partial charge on any atom is -0.463 e. The summed E-state index contributed by atoms with van der Waals surface area (Å²) in [4.78, 5) is 59.7. The highest BCUT2D eigenvalue weighted by Crippen LogP contribution is 2.36. The van der Waals surface area contributed by atoms with Crippen LogP contribution in [0, 0.1) is 0 Å². The smallest absolute Gasteiger partial charge is 0.303 e. The minimum atomic E-state index is -1.35. The van der Waals surface area contributed by atoms with Gasteiger partial charge in [-0.25, -0.2) is 0 Å². The van der Waals surface area contributed by atoms with Crippen molar-refractivity contribution in [3.8, 4) is 0 Å². The maximum Gasteiger partial charge on any atom is 0.303 e. The third kappa shape index (κ3) is 7.60. The summed E-state index contributed by atoms with van der Waals surface area (Å²) in [5.41, 5.74) is 0.170. The predicted octanol–water partition coefficient (Wildman–Crippen LogP) is 2.45. The standard InChI is InChI=1S/C26H30N2O11S/c1-13(29)28-11-18(19-8-6-7-9-20(19)28)10-22(27-34)40-26-25(38-17(5)33)24(37-16(4)32)23(36-15(3)31)21(39-26)12-35-14(2)30/h6-9,11,21,23-26,34H,10,12H2,1-5H3/b27-22+/t21-,23-,24+,25-,26+/m1/s1. The summed E-state index contributed by atoms with van der Waals surface area (Å²) < 4.78 is 28.9. The van der Waals surface area contributed by atoms with Gasteiger partial charge in [0.15, 0.2) is 18.3 Å². The van der Waals surface area contributed by atoms with Gasteiger partial charge in [0.05, 0.1) is 5.52 Å². The van der Waals surface area contributed by atoms with Gasteiger partial charge in [-0.1, -0.05) is 35.1 Å². The number of carbonyl (C=O) groups is 5. The molecule has 13 nitrogen and oxygen atoms in total. The molecule has 216 valence electrons. The van der Waals surface area contributed by atoms with Crippen molar-refractivity contribution in [1.29, 1.82) is 0 Å². The number of aromatic nitrogens is 1. The molecule has 3 rings (SSSR count). The number of fused-ring (bicyclic) bond motifs is 1. The van der Waals surface area contributed by atoms with E-state index in [1.807, 2.05) is 6.07 Å². The Kier molecular flexibility index (Phi) is 10.3. The fourth-order valence-corrected chi connectivity index (χ4v) is 5.43. The fourth-order valence-electron chi connectivity index (χ4n) is 4.33. The van der Waals surface area contributed by atoms with Crippen LogP contribution in [0.15, 0.2) is 35.6 Å². The summed E-state index contributed by atoms with van der Waals surface area (Å²) in [6.45, 7) is 5.60. The third-order valence-corrected chi connectivity index (χ3v) is 6.90. The van der Waals surface area contributed by atoms with Crippen molar-refractivity contribution in [3.05, 3.63) is 36.0 Å². The van der Waals surface area contributed by atoms with Gasteiger partial charge in [-0.2, -0.15) is 0 Å². The normalized spacial score (nSPS) is 22.8. The Bertz CT molecular complexity index is 1320. The van der Waals surface area contributed by atoms with Crippen LogP contribution in [-0.2, 0) is 49.3 Å². The Morgan fingerprint density at radius 3 is 2.08 bits per heavy atom. The molecule has 0 unspecified atom stereocenters. The molecule has 1 N–H and O–H groups in total. The van der Waals surface area contributed by atoms with Crippen LogP contribution in [0.3, 0.4) is 0 Å². The first-order valence-electron chi connectivity index (χ1n) is 12.2. The van der Waals surface area contributed by atoms with E-state index in [0.29, 0.717) is 11.1 Å². The highest BCUT2D eigenvalue weighted by atomic mass is 32.2. The summed E-state index contributed by atoms with van der Waals surface area (Å²) in [5, 5.41) is 14.2. The number of benzene rings is 1. The first-order chi connectivity index (χ1) is 18.9. The van der Waals surface area contributed by atoms with Gasteiger partial charge < -0.3 is 28.9 Å². The maximum atomic E-state index is 12.2. The Morgan fingerprint density at radius 1 is 0.900 bits per heavy atom. The number of ether oxygens (including phenoxy) is 5. The molecule has 1 fully saturated rings. The quantitative estimate of drug-likeness (QED) is 0.121. The topological polar surface area (TPSA) is 169 Å². The van der Waals surface area contributed by atoms with E-state index >= 15 is 0 Å². The summed E-state index contributed by atoms with van der Waals surface area (Å²) in [5.74, 6) is -3.10. The average molecular weight is 579 g/mol. The average Bonchev–Trinajstić information content (AvgIpc) is 3.23. The van der Waals surface area contributed by atoms with E-state index in [0.717, 1.165) is 37.9 Å². The molecule has 1 aromatic carbocycles. The van der Waals surface area contributed by atoms with Crippen molar-refractivity contribution < 1.29 is 52.9 Å². The lowest BCUT2D eigenvalue weighted by molar-refractivity contribution is -0.237. The van der Waals surface area contributed by atoms with Crippen molar-refractivity contribution in [3.63, 3.8) is 0 Å². The Hall–Kier alpha value is -3.91. The zero-order valence-corrected chi connectivity index (χ0v) is 23.3. The lowest BCUT2D eigenvalue weighted by atomic mass is 9.99. The molecule has 0 aliphatic carbocycles. The molecule has 1 aromatic heterocycles. The van der Waals surface area contributed by atoms with Crippen molar-refractivity contribution in [2.24, 2.45) is 5.16 Å². The van der Waals surface area contributed by atoms with Gasteiger partial charge in [0, 0.05) is 52.6 Å².